The summed E-state index contributed by atoms with van der Waals surface area (Å²) in [6.45, 7) is 0.0280. The van der Waals surface area contributed by atoms with Crippen molar-refractivity contribution >= 4 is 18.2 Å². The first-order chi connectivity index (χ1) is 4.52. The molecule has 0 aromatic rings. The minimum absolute atomic E-state index is 0. The highest BCUT2D eigenvalue weighted by Gasteiger charge is 2.42. The molecule has 0 unspecified atom stereocenters. The first kappa shape index (κ1) is 14.3. The second-order valence-electron chi connectivity index (χ2n) is 2.62. The summed E-state index contributed by atoms with van der Waals surface area (Å²) in [7, 11) is 1.58. The van der Waals surface area contributed by atoms with Gasteiger partial charge >= 0.3 is 5.92 Å². The normalized spacial score (nSPS) is 22.4. The molecule has 0 aromatic carbocycles. The highest BCUT2D eigenvalue weighted by molar-refractivity contribution is 5.86. The van der Waals surface area contributed by atoms with Crippen molar-refractivity contribution < 1.29 is 19.1 Å². The lowest BCUT2D eigenvalue weighted by Crippen LogP contribution is -2.47. The lowest BCUT2D eigenvalue weighted by molar-refractivity contribution is -0.150. The molecule has 6 heteroatoms. The number of ketones is 1. The van der Waals surface area contributed by atoms with Gasteiger partial charge in [0.25, 0.3) is 0 Å². The van der Waals surface area contributed by atoms with Crippen LogP contribution in [0.3, 0.4) is 0 Å². The van der Waals surface area contributed by atoms with Crippen LogP contribution in [0.1, 0.15) is 6.42 Å². The molecule has 0 aromatic heterocycles. The molecule has 0 radical (unpaired) electrons. The van der Waals surface area contributed by atoms with Crippen molar-refractivity contribution in [1.29, 1.82) is 0 Å². The number of carbonyl (C=O) groups excluding carboxylic acids is 1. The van der Waals surface area contributed by atoms with Crippen molar-refractivity contribution in [3.05, 3.63) is 0 Å². The summed E-state index contributed by atoms with van der Waals surface area (Å²) in [5.41, 5.74) is 0. The first-order valence-corrected chi connectivity index (χ1v) is 3.12. The predicted molar refractivity (Wildman–Crippen MR) is 42.9 cm³/mol. The Morgan fingerprint density at radius 3 is 2.33 bits per heavy atom. The molecule has 1 aliphatic heterocycles. The van der Waals surface area contributed by atoms with Crippen molar-refractivity contribution in [3.8, 4) is 0 Å². The Morgan fingerprint density at radius 1 is 1.50 bits per heavy atom. The van der Waals surface area contributed by atoms with Gasteiger partial charge in [-0.1, -0.05) is 0 Å². The van der Waals surface area contributed by atoms with Crippen LogP contribution < -0.4 is 0 Å². The number of piperidine rings is 1. The van der Waals surface area contributed by atoms with Crippen molar-refractivity contribution in [2.24, 2.45) is 0 Å². The zero-order valence-corrected chi connectivity index (χ0v) is 7.46. The van der Waals surface area contributed by atoms with Crippen LogP contribution in [0.25, 0.3) is 0 Å². The average Bonchev–Trinajstić information content (AvgIpc) is 1.78. The van der Waals surface area contributed by atoms with Gasteiger partial charge in [-0.2, -0.15) is 8.78 Å². The van der Waals surface area contributed by atoms with Crippen LogP contribution >= 0.6 is 12.4 Å². The molecule has 2 N–H and O–H groups in total. The molecule has 0 spiro atoms. The molecule has 12 heavy (non-hydrogen) atoms. The molecule has 1 saturated heterocycles. The molecule has 0 bridgehead atoms. The van der Waals surface area contributed by atoms with Crippen LogP contribution in [0, 0.1) is 0 Å². The monoisotopic (exact) mass is 203 g/mol. The molecule has 3 nitrogen and oxygen atoms in total. The fourth-order valence-electron chi connectivity index (χ4n) is 0.982. The van der Waals surface area contributed by atoms with Gasteiger partial charge in [-0.3, -0.25) is 9.69 Å². The number of nitrogens with zero attached hydrogens (tertiary/aromatic N) is 1. The van der Waals surface area contributed by atoms with Crippen LogP contribution in [-0.2, 0) is 4.79 Å². The van der Waals surface area contributed by atoms with E-state index in [2.05, 4.69) is 0 Å². The van der Waals surface area contributed by atoms with E-state index >= 15 is 0 Å². The van der Waals surface area contributed by atoms with Crippen LogP contribution in [0.4, 0.5) is 8.78 Å². The van der Waals surface area contributed by atoms with E-state index in [0.717, 1.165) is 0 Å². The van der Waals surface area contributed by atoms with Crippen molar-refractivity contribution in [1.82, 2.24) is 4.90 Å². The second kappa shape index (κ2) is 4.69. The maximum atomic E-state index is 12.5. The molecule has 0 atom stereocenters. The van der Waals surface area contributed by atoms with Gasteiger partial charge in [-0.15, -0.1) is 12.4 Å². The molecule has 0 amide bonds. The Kier molecular flexibility index (Phi) is 5.58. The molecule has 1 fully saturated rings. The van der Waals surface area contributed by atoms with Gasteiger partial charge in [-0.05, 0) is 7.05 Å². The van der Waals surface area contributed by atoms with Crippen LogP contribution in [0.2, 0.25) is 0 Å². The lowest BCUT2D eigenvalue weighted by Gasteiger charge is -2.27. The summed E-state index contributed by atoms with van der Waals surface area (Å²) in [6, 6.07) is 0. The number of alkyl halides is 2. The maximum Gasteiger partial charge on any atom is 0.317 e. The summed E-state index contributed by atoms with van der Waals surface area (Å²) in [6.07, 6.45) is -0.0243. The molecular weight excluding hydrogens is 192 g/mol. The van der Waals surface area contributed by atoms with E-state index in [1.165, 1.54) is 4.90 Å². The number of hydrogen-bond acceptors (Lipinski definition) is 2. The predicted octanol–water partition coefficient (Wildman–Crippen LogP) is 0.123. The molecule has 74 valence electrons. The summed E-state index contributed by atoms with van der Waals surface area (Å²) in [5, 5.41) is 0. The van der Waals surface area contributed by atoms with Crippen molar-refractivity contribution in [2.75, 3.05) is 20.1 Å². The van der Waals surface area contributed by atoms with Gasteiger partial charge in [-0.25, -0.2) is 0 Å². The van der Waals surface area contributed by atoms with Crippen LogP contribution in [0.5, 0.6) is 0 Å². The summed E-state index contributed by atoms with van der Waals surface area (Å²) < 4.78 is 24.9. The Labute approximate surface area is 75.4 Å². The molecule has 0 saturated carbocycles. The third-order valence-electron chi connectivity index (χ3n) is 1.60. The van der Waals surface area contributed by atoms with Gasteiger partial charge in [0.2, 0.25) is 5.78 Å². The standard InChI is InChI=1S/C6H9F2NO.ClH.H2O/c1-9-3-2-5(10)6(7,8)4-9;;/h2-4H2,1H3;1H;1H2. The summed E-state index contributed by atoms with van der Waals surface area (Å²) in [5.74, 6) is -4.03. The second-order valence-corrected chi connectivity index (χ2v) is 2.62. The minimum atomic E-state index is -3.10. The minimum Gasteiger partial charge on any atom is -0.412 e. The van der Waals surface area contributed by atoms with Crippen molar-refractivity contribution in [2.45, 2.75) is 12.3 Å². The van der Waals surface area contributed by atoms with Gasteiger partial charge < -0.3 is 5.48 Å². The topological polar surface area (TPSA) is 51.8 Å². The zero-order chi connectivity index (χ0) is 7.78. The maximum absolute atomic E-state index is 12.5. The highest BCUT2D eigenvalue weighted by Crippen LogP contribution is 2.21. The van der Waals surface area contributed by atoms with E-state index in [9.17, 15) is 13.6 Å². The SMILES string of the molecule is CN1CCC(=O)C(F)(F)C1.Cl.O. The quantitative estimate of drug-likeness (QED) is 0.562. The number of rotatable bonds is 0. The Morgan fingerprint density at radius 2 is 2.00 bits per heavy atom. The smallest absolute Gasteiger partial charge is 0.317 e. The third kappa shape index (κ3) is 3.00. The number of carbonyl (C=O) groups is 1. The third-order valence-corrected chi connectivity index (χ3v) is 1.60. The fourth-order valence-corrected chi connectivity index (χ4v) is 0.982. The summed E-state index contributed by atoms with van der Waals surface area (Å²) >= 11 is 0. The Balaban J connectivity index is 0. The first-order valence-electron chi connectivity index (χ1n) is 3.12. The van der Waals surface area contributed by atoms with Gasteiger partial charge in [0, 0.05) is 13.0 Å². The van der Waals surface area contributed by atoms with E-state index in [-0.39, 0.29) is 24.3 Å². The summed E-state index contributed by atoms with van der Waals surface area (Å²) in [4.78, 5) is 11.9. The van der Waals surface area contributed by atoms with E-state index in [4.69, 9.17) is 0 Å². The number of halogens is 3. The zero-order valence-electron chi connectivity index (χ0n) is 6.64. The van der Waals surface area contributed by atoms with Crippen LogP contribution in [0.15, 0.2) is 0 Å². The van der Waals surface area contributed by atoms with E-state index in [1.807, 2.05) is 0 Å². The van der Waals surface area contributed by atoms with Gasteiger partial charge in [0.15, 0.2) is 0 Å². The fraction of sp³-hybridized carbons (Fsp3) is 0.833. The largest absolute Gasteiger partial charge is 0.412 e. The highest BCUT2D eigenvalue weighted by atomic mass is 35.5. The molecule has 1 rings (SSSR count). The lowest BCUT2D eigenvalue weighted by atomic mass is 10.1. The number of likely N-dealkylation sites (tertiary alicyclic amines) is 1. The Hall–Kier alpha value is -0.260. The van der Waals surface area contributed by atoms with Gasteiger partial charge in [0.1, 0.15) is 0 Å². The molecule has 0 aliphatic carbocycles. The van der Waals surface area contributed by atoms with Crippen LogP contribution in [-0.4, -0.2) is 42.2 Å². The number of hydrogen-bond donors (Lipinski definition) is 0. The Bertz CT molecular complexity index is 166. The van der Waals surface area contributed by atoms with E-state index in [1.54, 1.807) is 7.05 Å². The van der Waals surface area contributed by atoms with E-state index in [0.29, 0.717) is 6.54 Å². The van der Waals surface area contributed by atoms with Gasteiger partial charge in [0.05, 0.1) is 6.54 Å². The molecule has 1 aliphatic rings. The van der Waals surface area contributed by atoms with E-state index < -0.39 is 18.3 Å². The average molecular weight is 204 g/mol. The molecule has 1 heterocycles. The number of Topliss-reactive ketones (excluding diaryl/α,β-unsaturated/α-hetero) is 1. The van der Waals surface area contributed by atoms with Crippen molar-refractivity contribution in [3.63, 3.8) is 0 Å². The molecular formula is C6H12ClF2NO2.